The smallest absolute Gasteiger partial charge is 0.337 e. The van der Waals surface area contributed by atoms with E-state index in [4.69, 9.17) is 19.7 Å². The third-order valence-electron chi connectivity index (χ3n) is 3.56. The summed E-state index contributed by atoms with van der Waals surface area (Å²) in [4.78, 5) is 36.3. The van der Waals surface area contributed by atoms with E-state index in [1.807, 2.05) is 4.98 Å². The minimum atomic E-state index is -2.15. The number of ether oxygens (including phenoxy) is 2. The van der Waals surface area contributed by atoms with Crippen molar-refractivity contribution in [2.45, 2.75) is 30.6 Å². The molecular formula is C12H16N2O9. The van der Waals surface area contributed by atoms with E-state index in [0.29, 0.717) is 0 Å². The van der Waals surface area contributed by atoms with Gasteiger partial charge in [0.05, 0.1) is 12.2 Å². The van der Waals surface area contributed by atoms with Gasteiger partial charge in [-0.2, -0.15) is 0 Å². The van der Waals surface area contributed by atoms with Crippen LogP contribution >= 0.6 is 0 Å². The molecule has 0 aromatic carbocycles. The molecule has 0 aliphatic carbocycles. The molecule has 5 N–H and O–H groups in total. The van der Waals surface area contributed by atoms with Crippen molar-refractivity contribution in [1.82, 2.24) is 9.55 Å². The zero-order valence-electron chi connectivity index (χ0n) is 11.9. The summed E-state index contributed by atoms with van der Waals surface area (Å²) in [5.41, 5.74) is -2.60. The number of carboxylic acid groups (broad SMARTS) is 1. The Morgan fingerprint density at radius 2 is 2.17 bits per heavy atom. The second kappa shape index (κ2) is 6.60. The number of hydrogen-bond donors (Lipinski definition) is 5. The van der Waals surface area contributed by atoms with Crippen molar-refractivity contribution >= 4 is 5.97 Å². The number of nitrogens with zero attached hydrogens (tertiary/aromatic N) is 1. The van der Waals surface area contributed by atoms with Gasteiger partial charge in [-0.3, -0.25) is 14.3 Å². The predicted octanol–water partition coefficient (Wildman–Crippen LogP) is -3.08. The summed E-state index contributed by atoms with van der Waals surface area (Å²) in [5.74, 6) is -1.68. The molecule has 0 saturated carbocycles. The minimum Gasteiger partial charge on any atom is -0.479 e. The third kappa shape index (κ3) is 3.04. The lowest BCUT2D eigenvalue weighted by Gasteiger charge is -2.21. The van der Waals surface area contributed by atoms with Crippen LogP contribution in [0.1, 0.15) is 17.9 Å². The highest BCUT2D eigenvalue weighted by Gasteiger charge is 2.45. The molecule has 1 aromatic rings. The van der Waals surface area contributed by atoms with Gasteiger partial charge in [-0.05, 0) is 0 Å². The molecule has 2 rings (SSSR count). The first-order valence-electron chi connectivity index (χ1n) is 6.55. The molecule has 23 heavy (non-hydrogen) atoms. The Bertz CT molecular complexity index is 697. The van der Waals surface area contributed by atoms with Gasteiger partial charge in [0.2, 0.25) is 0 Å². The summed E-state index contributed by atoms with van der Waals surface area (Å²) in [6.07, 6.45) is -5.88. The summed E-state index contributed by atoms with van der Waals surface area (Å²) >= 11 is 0. The monoisotopic (exact) mass is 332 g/mol. The summed E-state index contributed by atoms with van der Waals surface area (Å²) < 4.78 is 11.1. The Morgan fingerprint density at radius 3 is 2.70 bits per heavy atom. The molecule has 1 fully saturated rings. The quantitative estimate of drug-likeness (QED) is 0.375. The highest BCUT2D eigenvalue weighted by atomic mass is 16.6. The number of aromatic amines is 1. The van der Waals surface area contributed by atoms with Gasteiger partial charge in [0.25, 0.3) is 5.56 Å². The number of rotatable bonds is 5. The normalized spacial score (nSPS) is 28.7. The lowest BCUT2D eigenvalue weighted by molar-refractivity contribution is -0.147. The van der Waals surface area contributed by atoms with Crippen molar-refractivity contribution < 1.29 is 34.7 Å². The SMILES string of the molecule is CO[C@@H]1[C@H](O)[C@@H](CO)O[C@H]1n1cc(C(O)C(=O)O)c(=O)[nH]c1=O. The molecule has 0 bridgehead atoms. The van der Waals surface area contributed by atoms with Gasteiger partial charge in [-0.1, -0.05) is 0 Å². The Morgan fingerprint density at radius 1 is 1.52 bits per heavy atom. The average molecular weight is 332 g/mol. The van der Waals surface area contributed by atoms with E-state index >= 15 is 0 Å². The Hall–Kier alpha value is -2.05. The van der Waals surface area contributed by atoms with Gasteiger partial charge in [-0.15, -0.1) is 0 Å². The summed E-state index contributed by atoms with van der Waals surface area (Å²) in [6.45, 7) is -0.541. The zero-order valence-corrected chi connectivity index (χ0v) is 11.9. The van der Waals surface area contributed by atoms with Crippen LogP contribution in [-0.4, -0.2) is 68.0 Å². The van der Waals surface area contributed by atoms with Crippen molar-refractivity contribution in [1.29, 1.82) is 0 Å². The van der Waals surface area contributed by atoms with Crippen molar-refractivity contribution in [3.63, 3.8) is 0 Å². The van der Waals surface area contributed by atoms with E-state index in [0.717, 1.165) is 10.8 Å². The minimum absolute atomic E-state index is 0.541. The van der Waals surface area contributed by atoms with E-state index in [1.165, 1.54) is 7.11 Å². The predicted molar refractivity (Wildman–Crippen MR) is 71.7 cm³/mol. The molecule has 0 radical (unpaired) electrons. The number of aliphatic hydroxyl groups is 3. The number of methoxy groups -OCH3 is 1. The molecular weight excluding hydrogens is 316 g/mol. The van der Waals surface area contributed by atoms with Crippen molar-refractivity contribution in [3.05, 3.63) is 32.6 Å². The second-order valence-electron chi connectivity index (χ2n) is 4.93. The maximum Gasteiger partial charge on any atom is 0.337 e. The number of hydrogen-bond acceptors (Lipinski definition) is 8. The van der Waals surface area contributed by atoms with Gasteiger partial charge in [0.1, 0.15) is 18.3 Å². The molecule has 0 spiro atoms. The molecule has 1 saturated heterocycles. The number of H-pyrrole nitrogens is 1. The zero-order chi connectivity index (χ0) is 17.3. The number of aliphatic carboxylic acids is 1. The fourth-order valence-electron chi connectivity index (χ4n) is 2.37. The number of carbonyl (C=O) groups is 1. The topological polar surface area (TPSA) is 171 Å². The van der Waals surface area contributed by atoms with Crippen molar-refractivity contribution in [3.8, 4) is 0 Å². The number of nitrogens with one attached hydrogen (secondary N) is 1. The highest BCUT2D eigenvalue weighted by Crippen LogP contribution is 2.30. The van der Waals surface area contributed by atoms with Crippen LogP contribution < -0.4 is 11.2 Å². The lowest BCUT2D eigenvalue weighted by atomic mass is 10.1. The Kier molecular flexibility index (Phi) is 4.97. The van der Waals surface area contributed by atoms with Crippen molar-refractivity contribution in [2.24, 2.45) is 0 Å². The molecule has 5 atom stereocenters. The molecule has 1 unspecified atom stereocenters. The molecule has 1 aromatic heterocycles. The van der Waals surface area contributed by atoms with E-state index in [9.17, 15) is 24.6 Å². The standard InChI is InChI=1S/C12H16N2O9/c1-22-8-7(17)5(3-15)23-10(8)14-2-4(6(16)11(19)20)9(18)13-12(14)21/h2,5-8,10,15-17H,3H2,1H3,(H,19,20)(H,13,18,21)/t5-,6?,7-,8-,10-/m1/s1. The van der Waals surface area contributed by atoms with Crippen LogP contribution in [0.3, 0.4) is 0 Å². The lowest BCUT2D eigenvalue weighted by Crippen LogP contribution is -2.40. The highest BCUT2D eigenvalue weighted by molar-refractivity contribution is 5.73. The van der Waals surface area contributed by atoms with E-state index in [2.05, 4.69) is 0 Å². The third-order valence-corrected chi connectivity index (χ3v) is 3.56. The van der Waals surface area contributed by atoms with Gasteiger partial charge in [-0.25, -0.2) is 9.59 Å². The molecule has 128 valence electrons. The molecule has 1 aliphatic rings. The number of aromatic nitrogens is 2. The fraction of sp³-hybridized carbons (Fsp3) is 0.583. The largest absolute Gasteiger partial charge is 0.479 e. The molecule has 11 nitrogen and oxygen atoms in total. The summed E-state index contributed by atoms with van der Waals surface area (Å²) in [5, 5.41) is 37.4. The number of aliphatic hydroxyl groups excluding tert-OH is 3. The maximum absolute atomic E-state index is 11.9. The van der Waals surface area contributed by atoms with Crippen LogP contribution in [0.25, 0.3) is 0 Å². The van der Waals surface area contributed by atoms with E-state index in [1.54, 1.807) is 0 Å². The first-order chi connectivity index (χ1) is 10.8. The second-order valence-corrected chi connectivity index (χ2v) is 4.93. The van der Waals surface area contributed by atoms with Crippen LogP contribution in [0.5, 0.6) is 0 Å². The average Bonchev–Trinajstić information content (AvgIpc) is 2.82. The van der Waals surface area contributed by atoms with Gasteiger partial charge in [0, 0.05) is 13.3 Å². The molecule has 2 heterocycles. The van der Waals surface area contributed by atoms with E-state index in [-0.39, 0.29) is 0 Å². The summed E-state index contributed by atoms with van der Waals surface area (Å²) in [6, 6.07) is 0. The van der Waals surface area contributed by atoms with Crippen LogP contribution in [0.2, 0.25) is 0 Å². The fourth-order valence-corrected chi connectivity index (χ4v) is 2.37. The van der Waals surface area contributed by atoms with E-state index < -0.39 is 60.0 Å². The van der Waals surface area contributed by atoms with Crippen LogP contribution in [0.4, 0.5) is 0 Å². The Balaban J connectivity index is 2.51. The van der Waals surface area contributed by atoms with Gasteiger partial charge in [0.15, 0.2) is 12.3 Å². The van der Waals surface area contributed by atoms with Crippen LogP contribution in [0.15, 0.2) is 15.8 Å². The summed E-state index contributed by atoms with van der Waals surface area (Å²) in [7, 11) is 1.24. The van der Waals surface area contributed by atoms with Gasteiger partial charge >= 0.3 is 11.7 Å². The van der Waals surface area contributed by atoms with Gasteiger partial charge < -0.3 is 29.9 Å². The molecule has 11 heteroatoms. The first-order valence-corrected chi connectivity index (χ1v) is 6.55. The molecule has 0 amide bonds. The molecule has 1 aliphatic heterocycles. The van der Waals surface area contributed by atoms with Crippen LogP contribution in [-0.2, 0) is 14.3 Å². The van der Waals surface area contributed by atoms with Crippen molar-refractivity contribution in [2.75, 3.05) is 13.7 Å². The first kappa shape index (κ1) is 17.3. The number of carboxylic acids is 1. The van der Waals surface area contributed by atoms with Crippen LogP contribution in [0, 0.1) is 0 Å². The Labute approximate surface area is 128 Å². The maximum atomic E-state index is 11.9.